The fraction of sp³-hybridized carbons (Fsp3) is 0.571. The number of carboxylic acid groups (broad SMARTS) is 1. The van der Waals surface area contributed by atoms with E-state index in [-0.39, 0.29) is 24.8 Å². The molecule has 1 N–H and O–H groups in total. The number of carbonyl (C=O) groups excluding carboxylic acids is 1. The van der Waals surface area contributed by atoms with Crippen molar-refractivity contribution in [3.05, 3.63) is 23.2 Å². The summed E-state index contributed by atoms with van der Waals surface area (Å²) in [6, 6.07) is 1.70. The second-order valence-electron chi connectivity index (χ2n) is 5.12. The topological polar surface area (TPSA) is 70.8 Å². The number of nitrogens with zero attached hydrogens (tertiary/aromatic N) is 1. The number of carboxylic acids is 1. The molecule has 5 heteroatoms. The van der Waals surface area contributed by atoms with E-state index in [2.05, 4.69) is 0 Å². The molecular weight excluding hydrogens is 246 g/mol. The van der Waals surface area contributed by atoms with Crippen molar-refractivity contribution in [1.29, 1.82) is 0 Å². The summed E-state index contributed by atoms with van der Waals surface area (Å²) >= 11 is 0. The molecule has 5 nitrogen and oxygen atoms in total. The molecule has 1 heterocycles. The Bertz CT molecular complexity index is 462. The van der Waals surface area contributed by atoms with E-state index >= 15 is 0 Å². The molecule has 0 atom stereocenters. The lowest BCUT2D eigenvalue weighted by atomic mass is 10.1. The summed E-state index contributed by atoms with van der Waals surface area (Å²) in [6.07, 6.45) is -0.0473. The lowest BCUT2D eigenvalue weighted by Crippen LogP contribution is -2.36. The lowest BCUT2D eigenvalue weighted by molar-refractivity contribution is -0.137. The van der Waals surface area contributed by atoms with Crippen molar-refractivity contribution in [2.75, 3.05) is 13.1 Å². The van der Waals surface area contributed by atoms with E-state index in [0.29, 0.717) is 23.6 Å². The highest BCUT2D eigenvalue weighted by atomic mass is 16.4. The van der Waals surface area contributed by atoms with E-state index in [1.807, 2.05) is 13.8 Å². The summed E-state index contributed by atoms with van der Waals surface area (Å²) < 4.78 is 5.35. The van der Waals surface area contributed by atoms with Crippen molar-refractivity contribution in [3.8, 4) is 0 Å². The highest BCUT2D eigenvalue weighted by Gasteiger charge is 2.21. The van der Waals surface area contributed by atoms with Gasteiger partial charge in [-0.3, -0.25) is 9.59 Å². The van der Waals surface area contributed by atoms with E-state index in [1.54, 1.807) is 24.8 Å². The first-order chi connectivity index (χ1) is 8.81. The highest BCUT2D eigenvalue weighted by molar-refractivity contribution is 5.95. The quantitative estimate of drug-likeness (QED) is 0.859. The Kier molecular flexibility index (Phi) is 5.15. The van der Waals surface area contributed by atoms with Gasteiger partial charge in [0.25, 0.3) is 5.91 Å². The number of carbonyl (C=O) groups is 2. The number of hydrogen-bond acceptors (Lipinski definition) is 3. The average molecular weight is 267 g/mol. The molecule has 0 aliphatic rings. The normalized spacial score (nSPS) is 10.8. The van der Waals surface area contributed by atoms with Crippen LogP contribution in [0.5, 0.6) is 0 Å². The van der Waals surface area contributed by atoms with Gasteiger partial charge in [0.1, 0.15) is 11.5 Å². The van der Waals surface area contributed by atoms with Gasteiger partial charge in [0.05, 0.1) is 12.0 Å². The molecule has 1 amide bonds. The third-order valence-corrected chi connectivity index (χ3v) is 2.74. The number of rotatable bonds is 6. The minimum Gasteiger partial charge on any atom is -0.481 e. The summed E-state index contributed by atoms with van der Waals surface area (Å²) in [5.74, 6) is 0.479. The van der Waals surface area contributed by atoms with Gasteiger partial charge < -0.3 is 14.4 Å². The van der Waals surface area contributed by atoms with Crippen molar-refractivity contribution >= 4 is 11.9 Å². The Hall–Kier alpha value is -1.78. The van der Waals surface area contributed by atoms with Crippen LogP contribution in [0.15, 0.2) is 10.5 Å². The largest absolute Gasteiger partial charge is 0.481 e. The van der Waals surface area contributed by atoms with E-state index in [1.165, 1.54) is 0 Å². The van der Waals surface area contributed by atoms with Gasteiger partial charge in [-0.15, -0.1) is 0 Å². The van der Waals surface area contributed by atoms with Crippen molar-refractivity contribution in [3.63, 3.8) is 0 Å². The first kappa shape index (κ1) is 15.3. The molecule has 106 valence electrons. The van der Waals surface area contributed by atoms with Gasteiger partial charge in [-0.1, -0.05) is 13.8 Å². The lowest BCUT2D eigenvalue weighted by Gasteiger charge is -2.23. The Morgan fingerprint density at radius 1 is 1.37 bits per heavy atom. The first-order valence-corrected chi connectivity index (χ1v) is 6.39. The first-order valence-electron chi connectivity index (χ1n) is 6.39. The minimum atomic E-state index is -0.901. The Morgan fingerprint density at radius 2 is 2.00 bits per heavy atom. The van der Waals surface area contributed by atoms with E-state index in [9.17, 15) is 9.59 Å². The Labute approximate surface area is 113 Å². The summed E-state index contributed by atoms with van der Waals surface area (Å²) in [7, 11) is 0. The maximum absolute atomic E-state index is 12.4. The van der Waals surface area contributed by atoms with Crippen LogP contribution in [-0.4, -0.2) is 35.0 Å². The van der Waals surface area contributed by atoms with Gasteiger partial charge in [0.2, 0.25) is 0 Å². The number of hydrogen-bond donors (Lipinski definition) is 1. The molecule has 1 rings (SSSR count). The predicted octanol–water partition coefficient (Wildman–Crippen LogP) is 2.47. The third kappa shape index (κ3) is 4.43. The summed E-state index contributed by atoms with van der Waals surface area (Å²) in [6.45, 7) is 8.27. The van der Waals surface area contributed by atoms with Crippen molar-refractivity contribution in [2.45, 2.75) is 34.1 Å². The monoisotopic (exact) mass is 267 g/mol. The van der Waals surface area contributed by atoms with Crippen LogP contribution >= 0.6 is 0 Å². The van der Waals surface area contributed by atoms with Crippen LogP contribution in [0.1, 0.15) is 42.1 Å². The molecule has 0 radical (unpaired) electrons. The van der Waals surface area contributed by atoms with E-state index in [4.69, 9.17) is 9.52 Å². The molecule has 0 spiro atoms. The van der Waals surface area contributed by atoms with Gasteiger partial charge in [0.15, 0.2) is 0 Å². The van der Waals surface area contributed by atoms with Crippen LogP contribution in [0.3, 0.4) is 0 Å². The number of amides is 1. The van der Waals surface area contributed by atoms with Crippen LogP contribution < -0.4 is 0 Å². The van der Waals surface area contributed by atoms with Crippen molar-refractivity contribution in [1.82, 2.24) is 4.90 Å². The van der Waals surface area contributed by atoms with Crippen LogP contribution in [0.25, 0.3) is 0 Å². The van der Waals surface area contributed by atoms with E-state index < -0.39 is 5.97 Å². The van der Waals surface area contributed by atoms with Crippen LogP contribution in [-0.2, 0) is 4.79 Å². The zero-order valence-electron chi connectivity index (χ0n) is 11.9. The Morgan fingerprint density at radius 3 is 2.42 bits per heavy atom. The van der Waals surface area contributed by atoms with Crippen molar-refractivity contribution in [2.24, 2.45) is 5.92 Å². The second-order valence-corrected chi connectivity index (χ2v) is 5.12. The summed E-state index contributed by atoms with van der Waals surface area (Å²) in [5, 5.41) is 8.75. The summed E-state index contributed by atoms with van der Waals surface area (Å²) in [4.78, 5) is 24.6. The predicted molar refractivity (Wildman–Crippen MR) is 71.2 cm³/mol. The molecule has 0 saturated carbocycles. The highest BCUT2D eigenvalue weighted by Crippen LogP contribution is 2.17. The second kappa shape index (κ2) is 6.41. The standard InChI is InChI=1S/C14H21NO4/c1-9(2)8-15(6-5-13(16)17)14(18)12-7-10(3)19-11(12)4/h7,9H,5-6,8H2,1-4H3,(H,16,17). The average Bonchev–Trinajstić information content (AvgIpc) is 2.62. The Balaban J connectivity index is 2.86. The molecular formula is C14H21NO4. The molecule has 0 aliphatic carbocycles. The van der Waals surface area contributed by atoms with E-state index in [0.717, 1.165) is 0 Å². The van der Waals surface area contributed by atoms with Crippen LogP contribution in [0.4, 0.5) is 0 Å². The third-order valence-electron chi connectivity index (χ3n) is 2.74. The van der Waals surface area contributed by atoms with Crippen molar-refractivity contribution < 1.29 is 19.1 Å². The zero-order chi connectivity index (χ0) is 14.6. The maximum Gasteiger partial charge on any atom is 0.305 e. The van der Waals surface area contributed by atoms with Gasteiger partial charge in [-0.25, -0.2) is 0 Å². The number of aliphatic carboxylic acids is 1. The van der Waals surface area contributed by atoms with Gasteiger partial charge >= 0.3 is 5.97 Å². The molecule has 0 unspecified atom stereocenters. The van der Waals surface area contributed by atoms with Gasteiger partial charge in [-0.05, 0) is 25.8 Å². The summed E-state index contributed by atoms with van der Waals surface area (Å²) in [5.41, 5.74) is 0.517. The van der Waals surface area contributed by atoms with Crippen LogP contribution in [0.2, 0.25) is 0 Å². The smallest absolute Gasteiger partial charge is 0.305 e. The number of aryl methyl sites for hydroxylation is 2. The molecule has 0 fully saturated rings. The molecule has 0 aromatic carbocycles. The zero-order valence-corrected chi connectivity index (χ0v) is 11.9. The van der Waals surface area contributed by atoms with Gasteiger partial charge in [0, 0.05) is 13.1 Å². The van der Waals surface area contributed by atoms with Gasteiger partial charge in [-0.2, -0.15) is 0 Å². The fourth-order valence-corrected chi connectivity index (χ4v) is 1.96. The molecule has 1 aromatic rings. The molecule has 0 bridgehead atoms. The maximum atomic E-state index is 12.4. The molecule has 0 aliphatic heterocycles. The molecule has 1 aromatic heterocycles. The minimum absolute atomic E-state index is 0.0473. The SMILES string of the molecule is Cc1cc(C(=O)N(CCC(=O)O)CC(C)C)c(C)o1. The molecule has 0 saturated heterocycles. The molecule has 19 heavy (non-hydrogen) atoms. The number of furan rings is 1. The fourth-order valence-electron chi connectivity index (χ4n) is 1.96. The van der Waals surface area contributed by atoms with Crippen LogP contribution in [0, 0.1) is 19.8 Å².